The minimum Gasteiger partial charge on any atom is -0.207 e. The summed E-state index contributed by atoms with van der Waals surface area (Å²) in [6.07, 6.45) is 2.53. The molecule has 0 radical (unpaired) electrons. The Kier molecular flexibility index (Phi) is 3.06. The molecule has 0 spiro atoms. The zero-order valence-electron chi connectivity index (χ0n) is 7.29. The number of halogens is 4. The lowest BCUT2D eigenvalue weighted by Gasteiger charge is -2.23. The summed E-state index contributed by atoms with van der Waals surface area (Å²) in [6, 6.07) is 1.41. The van der Waals surface area contributed by atoms with Gasteiger partial charge in [0.05, 0.1) is 10.4 Å². The van der Waals surface area contributed by atoms with Gasteiger partial charge in [-0.05, 0) is 52.4 Å². The predicted molar refractivity (Wildman–Crippen MR) is 60.6 cm³/mol. The first-order valence-electron chi connectivity index (χ1n) is 4.41. The molecule has 76 valence electrons. The van der Waals surface area contributed by atoms with Crippen LogP contribution in [0.3, 0.4) is 0 Å². The van der Waals surface area contributed by atoms with Crippen molar-refractivity contribution in [3.05, 3.63) is 32.5 Å². The van der Waals surface area contributed by atoms with Gasteiger partial charge < -0.3 is 0 Å². The van der Waals surface area contributed by atoms with E-state index in [0.29, 0.717) is 15.1 Å². The summed E-state index contributed by atoms with van der Waals surface area (Å²) in [5.41, 5.74) is 1.45. The second-order valence-electron chi connectivity index (χ2n) is 3.41. The number of hydrogen-bond donors (Lipinski definition) is 0. The first-order chi connectivity index (χ1) is 6.61. The molecule has 0 saturated carbocycles. The first kappa shape index (κ1) is 10.7. The van der Waals surface area contributed by atoms with Gasteiger partial charge in [0.25, 0.3) is 0 Å². The number of benzene rings is 1. The van der Waals surface area contributed by atoms with Crippen LogP contribution in [0.25, 0.3) is 0 Å². The van der Waals surface area contributed by atoms with Gasteiger partial charge in [-0.3, -0.25) is 0 Å². The van der Waals surface area contributed by atoms with E-state index in [4.69, 9.17) is 23.2 Å². The summed E-state index contributed by atoms with van der Waals surface area (Å²) in [7, 11) is 0. The fourth-order valence-corrected chi connectivity index (χ4v) is 3.00. The van der Waals surface area contributed by atoms with Crippen LogP contribution in [0.15, 0.2) is 10.5 Å². The van der Waals surface area contributed by atoms with Crippen molar-refractivity contribution in [1.82, 2.24) is 0 Å². The topological polar surface area (TPSA) is 0 Å². The number of hydrogen-bond acceptors (Lipinski definition) is 0. The maximum atomic E-state index is 13.5. The van der Waals surface area contributed by atoms with Gasteiger partial charge in [-0.15, -0.1) is 11.6 Å². The quantitative estimate of drug-likeness (QED) is 0.474. The molecule has 4 heteroatoms. The maximum absolute atomic E-state index is 13.5. The molecule has 0 bridgehead atoms. The molecule has 1 aliphatic rings. The highest BCUT2D eigenvalue weighted by molar-refractivity contribution is 9.10. The van der Waals surface area contributed by atoms with Crippen molar-refractivity contribution in [1.29, 1.82) is 0 Å². The van der Waals surface area contributed by atoms with E-state index < -0.39 is 0 Å². The van der Waals surface area contributed by atoms with E-state index in [0.717, 1.165) is 24.8 Å². The van der Waals surface area contributed by atoms with Crippen LogP contribution in [0.2, 0.25) is 5.02 Å². The fourth-order valence-electron chi connectivity index (χ4n) is 1.83. The van der Waals surface area contributed by atoms with Crippen LogP contribution in [0.5, 0.6) is 0 Å². The second-order valence-corrected chi connectivity index (χ2v) is 5.17. The lowest BCUT2D eigenvalue weighted by Crippen LogP contribution is -2.08. The van der Waals surface area contributed by atoms with E-state index in [1.165, 1.54) is 6.07 Å². The molecule has 0 heterocycles. The molecule has 1 aromatic rings. The van der Waals surface area contributed by atoms with Crippen molar-refractivity contribution in [2.75, 3.05) is 0 Å². The molecule has 14 heavy (non-hydrogen) atoms. The van der Waals surface area contributed by atoms with Gasteiger partial charge in [0, 0.05) is 4.47 Å². The highest BCUT2D eigenvalue weighted by Gasteiger charge is 2.25. The van der Waals surface area contributed by atoms with E-state index in [2.05, 4.69) is 15.9 Å². The van der Waals surface area contributed by atoms with Gasteiger partial charge in [-0.25, -0.2) is 4.39 Å². The van der Waals surface area contributed by atoms with E-state index in [9.17, 15) is 4.39 Å². The Balaban J connectivity index is 2.67. The molecule has 0 amide bonds. The van der Waals surface area contributed by atoms with Gasteiger partial charge >= 0.3 is 0 Å². The third kappa shape index (κ3) is 1.68. The van der Waals surface area contributed by atoms with Crippen LogP contribution in [-0.2, 0) is 6.42 Å². The maximum Gasteiger partial charge on any atom is 0.127 e. The highest BCUT2D eigenvalue weighted by Crippen LogP contribution is 2.43. The standard InChI is InChI=1S/C10H8BrCl2F/c11-6-4-8(14)5-2-1-3-7(12)9(5)10(6)13/h4,7H,1-3H2. The van der Waals surface area contributed by atoms with Gasteiger partial charge in [-0.1, -0.05) is 11.6 Å². The Hall–Kier alpha value is 0.210. The Labute approximate surface area is 101 Å². The molecule has 1 aliphatic carbocycles. The van der Waals surface area contributed by atoms with Crippen molar-refractivity contribution in [3.8, 4) is 0 Å². The van der Waals surface area contributed by atoms with E-state index in [-0.39, 0.29) is 11.2 Å². The molecule has 0 saturated heterocycles. The molecule has 1 aromatic carbocycles. The van der Waals surface area contributed by atoms with Crippen molar-refractivity contribution in [2.24, 2.45) is 0 Å². The van der Waals surface area contributed by atoms with Gasteiger partial charge in [0.1, 0.15) is 5.82 Å². The van der Waals surface area contributed by atoms with Gasteiger partial charge in [-0.2, -0.15) is 0 Å². The predicted octanol–water partition coefficient (Wildman–Crippen LogP) is 4.86. The van der Waals surface area contributed by atoms with Gasteiger partial charge in [0.15, 0.2) is 0 Å². The van der Waals surface area contributed by atoms with Crippen molar-refractivity contribution >= 4 is 39.1 Å². The zero-order chi connectivity index (χ0) is 10.3. The van der Waals surface area contributed by atoms with Crippen molar-refractivity contribution in [3.63, 3.8) is 0 Å². The number of alkyl halides is 1. The molecule has 0 N–H and O–H groups in total. The molecular weight excluding hydrogens is 290 g/mol. The van der Waals surface area contributed by atoms with Crippen LogP contribution >= 0.6 is 39.1 Å². The Bertz CT molecular complexity index is 379. The average molecular weight is 298 g/mol. The Morgan fingerprint density at radius 2 is 2.21 bits per heavy atom. The van der Waals surface area contributed by atoms with Crippen molar-refractivity contribution in [2.45, 2.75) is 24.6 Å². The molecule has 1 atom stereocenters. The third-order valence-electron chi connectivity index (χ3n) is 2.51. The van der Waals surface area contributed by atoms with Crippen molar-refractivity contribution < 1.29 is 4.39 Å². The molecule has 1 unspecified atom stereocenters. The summed E-state index contributed by atoms with van der Waals surface area (Å²) in [4.78, 5) is 0. The van der Waals surface area contributed by atoms with E-state index >= 15 is 0 Å². The average Bonchev–Trinajstić information content (AvgIpc) is 2.14. The second kappa shape index (κ2) is 3.99. The lowest BCUT2D eigenvalue weighted by atomic mass is 9.91. The Morgan fingerprint density at radius 1 is 1.50 bits per heavy atom. The Morgan fingerprint density at radius 3 is 2.93 bits per heavy atom. The van der Waals surface area contributed by atoms with E-state index in [1.807, 2.05) is 0 Å². The van der Waals surface area contributed by atoms with E-state index in [1.54, 1.807) is 0 Å². The molecule has 0 fully saturated rings. The third-order valence-corrected chi connectivity index (χ3v) is 4.21. The monoisotopic (exact) mass is 296 g/mol. The minimum atomic E-state index is -0.207. The molecule has 0 nitrogen and oxygen atoms in total. The van der Waals surface area contributed by atoms with Gasteiger partial charge in [0.2, 0.25) is 0 Å². The lowest BCUT2D eigenvalue weighted by molar-refractivity contribution is 0.573. The molecular formula is C10H8BrCl2F. The van der Waals surface area contributed by atoms with Crippen LogP contribution in [-0.4, -0.2) is 0 Å². The minimum absolute atomic E-state index is 0.154. The van der Waals surface area contributed by atoms with Crippen LogP contribution in [0.1, 0.15) is 29.3 Å². The van der Waals surface area contributed by atoms with Crippen LogP contribution in [0, 0.1) is 5.82 Å². The largest absolute Gasteiger partial charge is 0.207 e. The summed E-state index contributed by atoms with van der Waals surface area (Å²) in [5.74, 6) is -0.207. The number of rotatable bonds is 0. The fraction of sp³-hybridized carbons (Fsp3) is 0.400. The smallest absolute Gasteiger partial charge is 0.127 e. The molecule has 0 aliphatic heterocycles. The highest BCUT2D eigenvalue weighted by atomic mass is 79.9. The normalized spacial score (nSPS) is 20.7. The summed E-state index contributed by atoms with van der Waals surface area (Å²) in [6.45, 7) is 0. The van der Waals surface area contributed by atoms with Crippen LogP contribution < -0.4 is 0 Å². The number of fused-ring (bicyclic) bond motifs is 1. The molecule has 0 aromatic heterocycles. The summed E-state index contributed by atoms with van der Waals surface area (Å²) < 4.78 is 14.1. The van der Waals surface area contributed by atoms with Crippen LogP contribution in [0.4, 0.5) is 4.39 Å². The molecule has 2 rings (SSSR count). The SMILES string of the molecule is Fc1cc(Br)c(Cl)c2c1CCCC2Cl. The summed E-state index contributed by atoms with van der Waals surface area (Å²) in [5, 5.41) is 0.402. The first-order valence-corrected chi connectivity index (χ1v) is 6.02. The summed E-state index contributed by atoms with van der Waals surface area (Å²) >= 11 is 15.4. The zero-order valence-corrected chi connectivity index (χ0v) is 10.4.